The van der Waals surface area contributed by atoms with Crippen molar-refractivity contribution in [2.45, 2.75) is 17.9 Å². The number of rotatable bonds is 7. The molecular weight excluding hydrogens is 316 g/mol. The molecule has 1 unspecified atom stereocenters. The first-order valence-corrected chi connectivity index (χ1v) is 8.61. The quantitative estimate of drug-likeness (QED) is 0.615. The molecule has 6 nitrogen and oxygen atoms in total. The van der Waals surface area contributed by atoms with Gasteiger partial charge in [0.1, 0.15) is 0 Å². The highest BCUT2D eigenvalue weighted by Crippen LogP contribution is 2.18. The van der Waals surface area contributed by atoms with Crippen LogP contribution in [0.3, 0.4) is 0 Å². The van der Waals surface area contributed by atoms with Crippen molar-refractivity contribution in [3.05, 3.63) is 54.1 Å². The van der Waals surface area contributed by atoms with Crippen LogP contribution in [-0.2, 0) is 10.0 Å². The standard InChI is InChI=1S/C16H20N2O4S/c1-12-2-4-14(5-3-12)18-23(21,22)16-8-6-13(7-9-16)17-10-15(20)11-19/h2-9,15,17-20H,10-11H2,1H3. The third kappa shape index (κ3) is 4.95. The van der Waals surface area contributed by atoms with Gasteiger partial charge in [-0.25, -0.2) is 8.42 Å². The molecule has 0 aromatic heterocycles. The molecular formula is C16H20N2O4S. The number of nitrogens with one attached hydrogen (secondary N) is 2. The normalized spacial score (nSPS) is 12.7. The number of anilines is 2. The predicted octanol–water partition coefficient (Wildman–Crippen LogP) is 1.56. The Kier molecular flexibility index (Phi) is 5.59. The zero-order valence-electron chi connectivity index (χ0n) is 12.7. The number of aryl methyl sites for hydroxylation is 1. The van der Waals surface area contributed by atoms with Gasteiger partial charge in [0.05, 0.1) is 17.6 Å². The van der Waals surface area contributed by atoms with Gasteiger partial charge in [-0.15, -0.1) is 0 Å². The van der Waals surface area contributed by atoms with Crippen molar-refractivity contribution in [1.29, 1.82) is 0 Å². The number of hydrogen-bond acceptors (Lipinski definition) is 5. The number of hydrogen-bond donors (Lipinski definition) is 4. The topological polar surface area (TPSA) is 98.7 Å². The van der Waals surface area contributed by atoms with Crippen LogP contribution in [0.5, 0.6) is 0 Å². The molecule has 0 spiro atoms. The average Bonchev–Trinajstić information content (AvgIpc) is 2.55. The zero-order valence-corrected chi connectivity index (χ0v) is 13.5. The van der Waals surface area contributed by atoms with Gasteiger partial charge >= 0.3 is 0 Å². The maximum absolute atomic E-state index is 12.3. The molecule has 1 atom stereocenters. The summed E-state index contributed by atoms with van der Waals surface area (Å²) in [4.78, 5) is 0.145. The Balaban J connectivity index is 2.06. The molecule has 0 saturated heterocycles. The summed E-state index contributed by atoms with van der Waals surface area (Å²) in [6.45, 7) is 1.78. The summed E-state index contributed by atoms with van der Waals surface area (Å²) in [6, 6.07) is 13.2. The van der Waals surface area contributed by atoms with Crippen molar-refractivity contribution in [1.82, 2.24) is 0 Å². The lowest BCUT2D eigenvalue weighted by Gasteiger charge is -2.11. The number of aliphatic hydroxyl groups excluding tert-OH is 2. The fraction of sp³-hybridized carbons (Fsp3) is 0.250. The molecule has 0 bridgehead atoms. The first-order valence-electron chi connectivity index (χ1n) is 7.13. The first-order chi connectivity index (χ1) is 10.9. The van der Waals surface area contributed by atoms with E-state index >= 15 is 0 Å². The minimum Gasteiger partial charge on any atom is -0.394 e. The summed E-state index contributed by atoms with van der Waals surface area (Å²) >= 11 is 0. The summed E-state index contributed by atoms with van der Waals surface area (Å²) in [5, 5.41) is 20.9. The molecule has 0 aliphatic heterocycles. The van der Waals surface area contributed by atoms with Crippen LogP contribution in [0.1, 0.15) is 5.56 Å². The van der Waals surface area contributed by atoms with Gasteiger partial charge in [-0.1, -0.05) is 17.7 Å². The highest BCUT2D eigenvalue weighted by atomic mass is 32.2. The van der Waals surface area contributed by atoms with Crippen LogP contribution in [0, 0.1) is 6.92 Å². The van der Waals surface area contributed by atoms with Gasteiger partial charge in [-0.2, -0.15) is 0 Å². The molecule has 0 radical (unpaired) electrons. The van der Waals surface area contributed by atoms with Crippen LogP contribution in [-0.4, -0.2) is 37.9 Å². The van der Waals surface area contributed by atoms with Crippen LogP contribution in [0.4, 0.5) is 11.4 Å². The van der Waals surface area contributed by atoms with E-state index in [1.807, 2.05) is 19.1 Å². The second-order valence-corrected chi connectivity index (χ2v) is 6.90. The monoisotopic (exact) mass is 336 g/mol. The van der Waals surface area contributed by atoms with E-state index in [9.17, 15) is 13.5 Å². The minimum atomic E-state index is -3.65. The lowest BCUT2D eigenvalue weighted by molar-refractivity contribution is 0.105. The van der Waals surface area contributed by atoms with Crippen LogP contribution < -0.4 is 10.0 Å². The maximum atomic E-state index is 12.3. The van der Waals surface area contributed by atoms with Gasteiger partial charge < -0.3 is 15.5 Å². The van der Waals surface area contributed by atoms with Gasteiger partial charge in [0, 0.05) is 17.9 Å². The molecule has 2 aromatic carbocycles. The van der Waals surface area contributed by atoms with Crippen LogP contribution >= 0.6 is 0 Å². The lowest BCUT2D eigenvalue weighted by atomic mass is 10.2. The van der Waals surface area contributed by atoms with E-state index in [4.69, 9.17) is 5.11 Å². The van der Waals surface area contributed by atoms with Crippen molar-refractivity contribution in [2.75, 3.05) is 23.2 Å². The van der Waals surface area contributed by atoms with Crippen molar-refractivity contribution in [3.8, 4) is 0 Å². The highest BCUT2D eigenvalue weighted by molar-refractivity contribution is 7.92. The molecule has 0 aliphatic carbocycles. The molecule has 2 aromatic rings. The van der Waals surface area contributed by atoms with Crippen molar-refractivity contribution in [2.24, 2.45) is 0 Å². The highest BCUT2D eigenvalue weighted by Gasteiger charge is 2.14. The van der Waals surface area contributed by atoms with Gasteiger partial charge in [-0.05, 0) is 43.3 Å². The lowest BCUT2D eigenvalue weighted by Crippen LogP contribution is -2.22. The van der Waals surface area contributed by atoms with E-state index in [1.54, 1.807) is 24.3 Å². The third-order valence-electron chi connectivity index (χ3n) is 3.22. The number of benzene rings is 2. The summed E-state index contributed by atoms with van der Waals surface area (Å²) in [7, 11) is -3.65. The summed E-state index contributed by atoms with van der Waals surface area (Å²) in [5.74, 6) is 0. The van der Waals surface area contributed by atoms with E-state index in [-0.39, 0.29) is 18.0 Å². The van der Waals surface area contributed by atoms with E-state index < -0.39 is 16.1 Å². The fourth-order valence-electron chi connectivity index (χ4n) is 1.89. The maximum Gasteiger partial charge on any atom is 0.261 e. The van der Waals surface area contributed by atoms with E-state index in [2.05, 4.69) is 10.0 Å². The minimum absolute atomic E-state index is 0.145. The van der Waals surface area contributed by atoms with Crippen LogP contribution in [0.15, 0.2) is 53.4 Å². The Hall–Kier alpha value is -2.09. The van der Waals surface area contributed by atoms with E-state index in [0.717, 1.165) is 5.56 Å². The van der Waals surface area contributed by atoms with Crippen molar-refractivity contribution in [3.63, 3.8) is 0 Å². The van der Waals surface area contributed by atoms with Crippen LogP contribution in [0.2, 0.25) is 0 Å². The summed E-state index contributed by atoms with van der Waals surface area (Å²) in [5.41, 5.74) is 2.21. The Morgan fingerprint density at radius 3 is 2.13 bits per heavy atom. The van der Waals surface area contributed by atoms with Gasteiger partial charge in [-0.3, -0.25) is 4.72 Å². The zero-order chi connectivity index (χ0) is 16.9. The smallest absolute Gasteiger partial charge is 0.261 e. The molecule has 4 N–H and O–H groups in total. The predicted molar refractivity (Wildman–Crippen MR) is 90.0 cm³/mol. The molecule has 0 fully saturated rings. The molecule has 124 valence electrons. The molecule has 23 heavy (non-hydrogen) atoms. The summed E-state index contributed by atoms with van der Waals surface area (Å²) in [6.07, 6.45) is -0.860. The van der Waals surface area contributed by atoms with E-state index in [0.29, 0.717) is 11.4 Å². The number of aliphatic hydroxyl groups is 2. The second kappa shape index (κ2) is 7.45. The average molecular weight is 336 g/mol. The molecule has 0 aliphatic rings. The van der Waals surface area contributed by atoms with Gasteiger partial charge in [0.15, 0.2) is 0 Å². The molecule has 0 amide bonds. The Bertz CT molecular complexity index is 728. The largest absolute Gasteiger partial charge is 0.394 e. The van der Waals surface area contributed by atoms with Crippen molar-refractivity contribution < 1.29 is 18.6 Å². The Morgan fingerprint density at radius 2 is 1.57 bits per heavy atom. The molecule has 2 rings (SSSR count). The fourth-order valence-corrected chi connectivity index (χ4v) is 2.95. The Morgan fingerprint density at radius 1 is 1.00 bits per heavy atom. The number of sulfonamides is 1. The van der Waals surface area contributed by atoms with Gasteiger partial charge in [0.25, 0.3) is 10.0 Å². The molecule has 7 heteroatoms. The second-order valence-electron chi connectivity index (χ2n) is 5.21. The Labute approximate surface area is 135 Å². The molecule has 0 saturated carbocycles. The van der Waals surface area contributed by atoms with Gasteiger partial charge in [0.2, 0.25) is 0 Å². The van der Waals surface area contributed by atoms with Crippen molar-refractivity contribution >= 4 is 21.4 Å². The van der Waals surface area contributed by atoms with Crippen LogP contribution in [0.25, 0.3) is 0 Å². The molecule has 0 heterocycles. The van der Waals surface area contributed by atoms with E-state index in [1.165, 1.54) is 12.1 Å². The first kappa shape index (κ1) is 17.3. The SMILES string of the molecule is Cc1ccc(NS(=O)(=O)c2ccc(NCC(O)CO)cc2)cc1. The summed E-state index contributed by atoms with van der Waals surface area (Å²) < 4.78 is 27.1. The third-order valence-corrected chi connectivity index (χ3v) is 4.62.